The molecule has 0 radical (unpaired) electrons. The molecule has 4 heterocycles. The van der Waals surface area contributed by atoms with Crippen LogP contribution in [-0.2, 0) is 20.0 Å². The molecular weight excluding hydrogens is 428 g/mol. The van der Waals surface area contributed by atoms with Crippen molar-refractivity contribution in [2.75, 3.05) is 42.6 Å². The summed E-state index contributed by atoms with van der Waals surface area (Å²) in [6.45, 7) is 1.82. The Morgan fingerprint density at radius 1 is 1.27 bits per heavy atom. The zero-order valence-electron chi connectivity index (χ0n) is 16.6. The van der Waals surface area contributed by atoms with Crippen molar-refractivity contribution in [3.8, 4) is 0 Å². The molecule has 2 N–H and O–H groups in total. The molecule has 1 aliphatic carbocycles. The van der Waals surface area contributed by atoms with Crippen LogP contribution in [0.15, 0.2) is 18.6 Å². The van der Waals surface area contributed by atoms with Crippen LogP contribution in [0, 0.1) is 5.92 Å². The highest BCUT2D eigenvalue weighted by Gasteiger charge is 2.56. The number of nitrogens with zero attached hydrogens (tertiary/aromatic N) is 4. The molecule has 2 aliphatic heterocycles. The number of fused-ring (bicyclic) bond motifs is 1. The molecule has 1 spiro atoms. The molecule has 10 nitrogen and oxygen atoms in total. The number of piperazine rings is 1. The van der Waals surface area contributed by atoms with Crippen molar-refractivity contribution in [3.05, 3.63) is 18.6 Å². The molecule has 0 aromatic carbocycles. The lowest BCUT2D eigenvalue weighted by atomic mass is 10.1. The number of rotatable bonds is 6. The maximum atomic E-state index is 13.0. The third-order valence-electron chi connectivity index (χ3n) is 6.50. The minimum atomic E-state index is -3.62. The number of hydrogen-bond acceptors (Lipinski definition) is 7. The van der Waals surface area contributed by atoms with Crippen LogP contribution in [0.5, 0.6) is 0 Å². The predicted molar refractivity (Wildman–Crippen MR) is 113 cm³/mol. The topological polar surface area (TPSA) is 128 Å². The number of aromatic nitrogens is 3. The molecule has 3 fully saturated rings. The number of nitrogens with one attached hydrogen (secondary N) is 2. The molecule has 12 heteroatoms. The zero-order valence-corrected chi connectivity index (χ0v) is 18.3. The van der Waals surface area contributed by atoms with E-state index in [1.54, 1.807) is 4.31 Å². The van der Waals surface area contributed by atoms with E-state index in [0.717, 1.165) is 29.7 Å². The number of H-pyrrole nitrogens is 1. The average Bonchev–Trinajstić information content (AvgIpc) is 3.12. The second kappa shape index (κ2) is 7.14. The van der Waals surface area contributed by atoms with Crippen molar-refractivity contribution in [1.82, 2.24) is 24.0 Å². The Morgan fingerprint density at radius 3 is 2.83 bits per heavy atom. The van der Waals surface area contributed by atoms with Gasteiger partial charge in [-0.25, -0.2) is 23.1 Å². The Kier molecular flexibility index (Phi) is 4.80. The molecule has 3 aliphatic rings. The zero-order chi connectivity index (χ0) is 21.0. The lowest BCUT2D eigenvalue weighted by Gasteiger charge is -2.41. The summed E-state index contributed by atoms with van der Waals surface area (Å²) in [5.74, 6) is 1.27. The highest BCUT2D eigenvalue weighted by molar-refractivity contribution is 7.91. The Hall–Kier alpha value is -1.76. The Labute approximate surface area is 176 Å². The normalized spacial score (nSPS) is 25.9. The molecule has 2 aromatic rings. The molecule has 5 rings (SSSR count). The first-order chi connectivity index (χ1) is 14.3. The summed E-state index contributed by atoms with van der Waals surface area (Å²) < 4.78 is 53.5. The van der Waals surface area contributed by atoms with Crippen LogP contribution in [0.2, 0.25) is 0 Å². The van der Waals surface area contributed by atoms with Gasteiger partial charge in [0.1, 0.15) is 17.8 Å². The van der Waals surface area contributed by atoms with Crippen molar-refractivity contribution < 1.29 is 16.8 Å². The lowest BCUT2D eigenvalue weighted by Crippen LogP contribution is -2.59. The van der Waals surface area contributed by atoms with Crippen LogP contribution < -0.4 is 9.62 Å². The predicted octanol–water partition coefficient (Wildman–Crippen LogP) is 0.272. The van der Waals surface area contributed by atoms with E-state index in [1.165, 1.54) is 6.33 Å². The number of hydrogen-bond donors (Lipinski definition) is 2. The van der Waals surface area contributed by atoms with Gasteiger partial charge in [-0.2, -0.15) is 12.7 Å². The lowest BCUT2D eigenvalue weighted by molar-refractivity contribution is 0.266. The average molecular weight is 455 g/mol. The molecule has 1 saturated carbocycles. The van der Waals surface area contributed by atoms with Gasteiger partial charge in [-0.05, 0) is 37.7 Å². The standard InChI is InChI=1S/C18H26N6O4S2/c25-29(26)10-3-14(11-29)1-7-22-30(27,28)24-9-8-23(12-18(24)4-5-18)17-15-2-6-19-16(15)20-13-21-17/h2,6,13-14,22H,1,3-5,7-12H2,(H,19,20,21). The number of sulfone groups is 1. The van der Waals surface area contributed by atoms with Gasteiger partial charge < -0.3 is 9.88 Å². The summed E-state index contributed by atoms with van der Waals surface area (Å²) in [5.41, 5.74) is 0.379. The van der Waals surface area contributed by atoms with Crippen LogP contribution in [-0.4, -0.2) is 79.3 Å². The molecular formula is C18H26N6O4S2. The summed E-state index contributed by atoms with van der Waals surface area (Å²) in [7, 11) is -6.56. The first kappa shape index (κ1) is 20.2. The van der Waals surface area contributed by atoms with Crippen molar-refractivity contribution in [1.29, 1.82) is 0 Å². The smallest absolute Gasteiger partial charge is 0.280 e. The van der Waals surface area contributed by atoms with E-state index in [4.69, 9.17) is 0 Å². The Morgan fingerprint density at radius 2 is 2.10 bits per heavy atom. The van der Waals surface area contributed by atoms with Gasteiger partial charge in [-0.3, -0.25) is 0 Å². The van der Waals surface area contributed by atoms with Gasteiger partial charge in [-0.15, -0.1) is 0 Å². The van der Waals surface area contributed by atoms with Crippen LogP contribution >= 0.6 is 0 Å². The maximum absolute atomic E-state index is 13.0. The second-order valence-electron chi connectivity index (χ2n) is 8.61. The quantitative estimate of drug-likeness (QED) is 0.641. The fraction of sp³-hybridized carbons (Fsp3) is 0.667. The molecule has 2 saturated heterocycles. The number of anilines is 1. The van der Waals surface area contributed by atoms with Crippen LogP contribution in [0.4, 0.5) is 5.82 Å². The van der Waals surface area contributed by atoms with E-state index in [2.05, 4.69) is 24.6 Å². The first-order valence-corrected chi connectivity index (χ1v) is 13.6. The van der Waals surface area contributed by atoms with Gasteiger partial charge in [0.25, 0.3) is 10.2 Å². The minimum absolute atomic E-state index is 0.0472. The van der Waals surface area contributed by atoms with E-state index in [9.17, 15) is 16.8 Å². The van der Waals surface area contributed by atoms with Crippen molar-refractivity contribution >= 4 is 36.9 Å². The SMILES string of the molecule is O=S1(=O)CCC(CCNS(=O)(=O)N2CCN(c3ncnc4[nH]ccc34)CC23CC3)C1. The monoisotopic (exact) mass is 454 g/mol. The van der Waals surface area contributed by atoms with Gasteiger partial charge in [0.2, 0.25) is 0 Å². The summed E-state index contributed by atoms with van der Waals surface area (Å²) in [6.07, 6.45) is 6.19. The van der Waals surface area contributed by atoms with Gasteiger partial charge in [0.05, 0.1) is 22.4 Å². The third kappa shape index (κ3) is 3.70. The van der Waals surface area contributed by atoms with Gasteiger partial charge in [-0.1, -0.05) is 0 Å². The van der Waals surface area contributed by atoms with E-state index < -0.39 is 25.6 Å². The molecule has 0 bridgehead atoms. The molecule has 2 aromatic heterocycles. The van der Waals surface area contributed by atoms with Crippen molar-refractivity contribution in [2.45, 2.75) is 31.2 Å². The summed E-state index contributed by atoms with van der Waals surface area (Å²) >= 11 is 0. The minimum Gasteiger partial charge on any atom is -0.353 e. The first-order valence-electron chi connectivity index (χ1n) is 10.3. The Balaban J connectivity index is 1.25. The Bertz CT molecular complexity index is 1160. The largest absolute Gasteiger partial charge is 0.353 e. The third-order valence-corrected chi connectivity index (χ3v) is 10.1. The van der Waals surface area contributed by atoms with Crippen molar-refractivity contribution in [3.63, 3.8) is 0 Å². The van der Waals surface area contributed by atoms with E-state index in [-0.39, 0.29) is 24.0 Å². The summed E-state index contributed by atoms with van der Waals surface area (Å²) in [6, 6.07) is 1.94. The highest BCUT2D eigenvalue weighted by Crippen LogP contribution is 2.46. The highest BCUT2D eigenvalue weighted by atomic mass is 32.2. The van der Waals surface area contributed by atoms with E-state index in [0.29, 0.717) is 32.5 Å². The van der Waals surface area contributed by atoms with Gasteiger partial charge in [0, 0.05) is 32.4 Å². The molecule has 1 atom stereocenters. The van der Waals surface area contributed by atoms with Crippen LogP contribution in [0.1, 0.15) is 25.7 Å². The van der Waals surface area contributed by atoms with Crippen LogP contribution in [0.3, 0.4) is 0 Å². The van der Waals surface area contributed by atoms with E-state index >= 15 is 0 Å². The molecule has 1 unspecified atom stereocenters. The molecule has 30 heavy (non-hydrogen) atoms. The fourth-order valence-electron chi connectivity index (χ4n) is 4.75. The van der Waals surface area contributed by atoms with Crippen LogP contribution in [0.25, 0.3) is 11.0 Å². The summed E-state index contributed by atoms with van der Waals surface area (Å²) in [4.78, 5) is 13.9. The second-order valence-corrected chi connectivity index (χ2v) is 12.5. The fourth-order valence-corrected chi connectivity index (χ4v) is 8.26. The van der Waals surface area contributed by atoms with Gasteiger partial charge in [0.15, 0.2) is 9.84 Å². The molecule has 164 valence electrons. The molecule has 0 amide bonds. The summed E-state index contributed by atoms with van der Waals surface area (Å²) in [5, 5.41) is 0.939. The van der Waals surface area contributed by atoms with Gasteiger partial charge >= 0.3 is 0 Å². The van der Waals surface area contributed by atoms with Crippen molar-refractivity contribution in [2.24, 2.45) is 5.92 Å². The van der Waals surface area contributed by atoms with E-state index in [1.807, 2.05) is 12.3 Å². The maximum Gasteiger partial charge on any atom is 0.280 e. The number of aromatic amines is 1.